The van der Waals surface area contributed by atoms with E-state index in [0.717, 1.165) is 5.06 Å². The van der Waals surface area contributed by atoms with Gasteiger partial charge in [0.05, 0.1) is 5.69 Å². The van der Waals surface area contributed by atoms with Gasteiger partial charge in [0, 0.05) is 6.92 Å². The molecule has 0 N–H and O–H groups in total. The summed E-state index contributed by atoms with van der Waals surface area (Å²) in [5.41, 5.74) is -0.230. The fourth-order valence-electron chi connectivity index (χ4n) is 1.19. The van der Waals surface area contributed by atoms with E-state index in [4.69, 9.17) is 9.57 Å². The fraction of sp³-hybridized carbons (Fsp3) is 0.385. The molecular formula is C13H17NO4. The van der Waals surface area contributed by atoms with Crippen LogP contribution >= 0.6 is 0 Å². The van der Waals surface area contributed by atoms with Crippen LogP contribution in [0.5, 0.6) is 0 Å². The molecule has 0 atom stereocenters. The number of benzene rings is 1. The van der Waals surface area contributed by atoms with E-state index >= 15 is 0 Å². The average Bonchev–Trinajstić information content (AvgIpc) is 2.24. The third kappa shape index (κ3) is 4.45. The second-order valence-electron chi connectivity index (χ2n) is 4.69. The summed E-state index contributed by atoms with van der Waals surface area (Å²) in [7, 11) is 0. The van der Waals surface area contributed by atoms with Gasteiger partial charge in [-0.25, -0.2) is 9.59 Å². The van der Waals surface area contributed by atoms with Crippen LogP contribution < -0.4 is 5.06 Å². The first-order chi connectivity index (χ1) is 8.29. The molecule has 5 heteroatoms. The van der Waals surface area contributed by atoms with E-state index in [1.807, 2.05) is 0 Å². The highest BCUT2D eigenvalue weighted by molar-refractivity contribution is 5.88. The Hall–Kier alpha value is -2.04. The van der Waals surface area contributed by atoms with Crippen LogP contribution in [0.2, 0.25) is 0 Å². The van der Waals surface area contributed by atoms with Crippen molar-refractivity contribution < 1.29 is 19.2 Å². The number of hydrogen-bond donors (Lipinski definition) is 0. The predicted molar refractivity (Wildman–Crippen MR) is 66.9 cm³/mol. The fourth-order valence-corrected chi connectivity index (χ4v) is 1.19. The number of ether oxygens (including phenoxy) is 1. The predicted octanol–water partition coefficient (Wildman–Crippen LogP) is 2.91. The van der Waals surface area contributed by atoms with E-state index in [0.29, 0.717) is 5.69 Å². The number of rotatable bonds is 1. The van der Waals surface area contributed by atoms with Crippen molar-refractivity contribution in [3.05, 3.63) is 30.3 Å². The topological polar surface area (TPSA) is 55.8 Å². The molecule has 0 radical (unpaired) electrons. The maximum Gasteiger partial charge on any atom is 0.448 e. The molecule has 1 amide bonds. The van der Waals surface area contributed by atoms with Crippen LogP contribution in [0.3, 0.4) is 0 Å². The molecule has 18 heavy (non-hydrogen) atoms. The highest BCUT2D eigenvalue weighted by atomic mass is 16.8. The van der Waals surface area contributed by atoms with Crippen LogP contribution in [0.1, 0.15) is 27.7 Å². The van der Waals surface area contributed by atoms with E-state index in [9.17, 15) is 9.59 Å². The van der Waals surface area contributed by atoms with Crippen LogP contribution in [-0.2, 0) is 14.4 Å². The third-order valence-corrected chi connectivity index (χ3v) is 1.77. The quantitative estimate of drug-likeness (QED) is 0.720. The lowest BCUT2D eigenvalue weighted by Gasteiger charge is -2.25. The van der Waals surface area contributed by atoms with Gasteiger partial charge in [0.1, 0.15) is 5.60 Å². The van der Waals surface area contributed by atoms with Crippen molar-refractivity contribution in [3.8, 4) is 0 Å². The minimum absolute atomic E-state index is 0.432. The smallest absolute Gasteiger partial charge is 0.441 e. The lowest BCUT2D eigenvalue weighted by atomic mass is 10.2. The Morgan fingerprint density at radius 3 is 2.11 bits per heavy atom. The summed E-state index contributed by atoms with van der Waals surface area (Å²) in [6, 6.07) is 8.55. The van der Waals surface area contributed by atoms with Crippen molar-refractivity contribution in [1.82, 2.24) is 0 Å². The molecule has 98 valence electrons. The Bertz CT molecular complexity index is 422. The summed E-state index contributed by atoms with van der Waals surface area (Å²) >= 11 is 0. The average molecular weight is 251 g/mol. The Morgan fingerprint density at radius 2 is 1.67 bits per heavy atom. The number of amides is 1. The first kappa shape index (κ1) is 14.0. The maximum absolute atomic E-state index is 11.9. The molecular weight excluding hydrogens is 234 g/mol. The standard InChI is InChI=1S/C13H17NO4/c1-10(15)18-14(11-8-6-5-7-9-11)12(16)17-13(2,3)4/h5-9H,1-4H3. The Kier molecular flexibility index (Phi) is 4.31. The van der Waals surface area contributed by atoms with Crippen LogP contribution in [0.4, 0.5) is 10.5 Å². The lowest BCUT2D eigenvalue weighted by Crippen LogP contribution is -2.38. The van der Waals surface area contributed by atoms with Crippen LogP contribution in [0.25, 0.3) is 0 Å². The molecule has 0 bridgehead atoms. The number of hydrogen-bond acceptors (Lipinski definition) is 4. The summed E-state index contributed by atoms with van der Waals surface area (Å²) in [6.45, 7) is 6.44. The Balaban J connectivity index is 2.92. The molecule has 5 nitrogen and oxygen atoms in total. The monoisotopic (exact) mass is 251 g/mol. The van der Waals surface area contributed by atoms with Gasteiger partial charge in [0.25, 0.3) is 0 Å². The highest BCUT2D eigenvalue weighted by Crippen LogP contribution is 2.18. The van der Waals surface area contributed by atoms with Gasteiger partial charge in [-0.3, -0.25) is 0 Å². The lowest BCUT2D eigenvalue weighted by molar-refractivity contribution is -0.142. The summed E-state index contributed by atoms with van der Waals surface area (Å²) < 4.78 is 5.16. The van der Waals surface area contributed by atoms with Crippen LogP contribution in [-0.4, -0.2) is 17.7 Å². The number of nitrogens with zero attached hydrogens (tertiary/aromatic N) is 1. The molecule has 1 aromatic rings. The molecule has 0 spiro atoms. The van der Waals surface area contributed by atoms with Crippen molar-refractivity contribution in [2.24, 2.45) is 0 Å². The largest absolute Gasteiger partial charge is 0.448 e. The zero-order chi connectivity index (χ0) is 13.8. The van der Waals surface area contributed by atoms with E-state index in [-0.39, 0.29) is 0 Å². The summed E-state index contributed by atoms with van der Waals surface area (Å²) in [5.74, 6) is -0.593. The molecule has 0 aromatic heterocycles. The van der Waals surface area contributed by atoms with E-state index in [2.05, 4.69) is 0 Å². The van der Waals surface area contributed by atoms with Gasteiger partial charge in [-0.15, -0.1) is 5.06 Å². The molecule has 0 aliphatic rings. The van der Waals surface area contributed by atoms with Crippen molar-refractivity contribution in [1.29, 1.82) is 0 Å². The zero-order valence-electron chi connectivity index (χ0n) is 11.0. The van der Waals surface area contributed by atoms with Gasteiger partial charge in [-0.05, 0) is 32.9 Å². The normalized spacial score (nSPS) is 10.7. The van der Waals surface area contributed by atoms with Gasteiger partial charge in [0.2, 0.25) is 0 Å². The minimum Gasteiger partial charge on any atom is -0.441 e. The Labute approximate surface area is 106 Å². The molecule has 0 fully saturated rings. The first-order valence-corrected chi connectivity index (χ1v) is 5.56. The van der Waals surface area contributed by atoms with Crippen LogP contribution in [0, 0.1) is 0 Å². The van der Waals surface area contributed by atoms with Crippen molar-refractivity contribution >= 4 is 17.7 Å². The van der Waals surface area contributed by atoms with Crippen molar-refractivity contribution in [2.75, 3.05) is 5.06 Å². The SMILES string of the molecule is CC(=O)ON(C(=O)OC(C)(C)C)c1ccccc1. The number of anilines is 1. The third-order valence-electron chi connectivity index (χ3n) is 1.77. The van der Waals surface area contributed by atoms with Gasteiger partial charge in [0.15, 0.2) is 0 Å². The van der Waals surface area contributed by atoms with E-state index in [1.165, 1.54) is 6.92 Å². The molecule has 1 rings (SSSR count). The maximum atomic E-state index is 11.9. The molecule has 1 aromatic carbocycles. The molecule has 0 unspecified atom stereocenters. The first-order valence-electron chi connectivity index (χ1n) is 5.56. The van der Waals surface area contributed by atoms with Gasteiger partial charge in [-0.1, -0.05) is 18.2 Å². The minimum atomic E-state index is -0.733. The summed E-state index contributed by atoms with van der Waals surface area (Å²) in [4.78, 5) is 27.8. The molecule has 0 aliphatic heterocycles. The van der Waals surface area contributed by atoms with E-state index < -0.39 is 17.7 Å². The van der Waals surface area contributed by atoms with Crippen molar-refractivity contribution in [3.63, 3.8) is 0 Å². The van der Waals surface area contributed by atoms with E-state index in [1.54, 1.807) is 51.1 Å². The van der Waals surface area contributed by atoms with Crippen molar-refractivity contribution in [2.45, 2.75) is 33.3 Å². The molecule has 0 saturated carbocycles. The highest BCUT2D eigenvalue weighted by Gasteiger charge is 2.25. The second kappa shape index (κ2) is 5.53. The number of carbonyl (C=O) groups excluding carboxylic acids is 2. The number of para-hydroxylation sites is 1. The van der Waals surface area contributed by atoms with Gasteiger partial charge < -0.3 is 9.57 Å². The molecule has 0 heterocycles. The molecule has 0 aliphatic carbocycles. The molecule has 0 saturated heterocycles. The van der Waals surface area contributed by atoms with Crippen LogP contribution in [0.15, 0.2) is 30.3 Å². The summed E-state index contributed by atoms with van der Waals surface area (Å²) in [5, 5.41) is 0.841. The number of carbonyl (C=O) groups is 2. The summed E-state index contributed by atoms with van der Waals surface area (Å²) in [6.07, 6.45) is -0.733. The zero-order valence-corrected chi connectivity index (χ0v) is 11.0. The van der Waals surface area contributed by atoms with Gasteiger partial charge in [-0.2, -0.15) is 0 Å². The second-order valence-corrected chi connectivity index (χ2v) is 4.69. The van der Waals surface area contributed by atoms with Gasteiger partial charge >= 0.3 is 12.1 Å². The number of hydroxylamine groups is 1. The Morgan fingerprint density at radius 1 is 1.11 bits per heavy atom.